The topological polar surface area (TPSA) is 38.5 Å². The molecule has 0 radical (unpaired) electrons. The van der Waals surface area contributed by atoms with Crippen molar-refractivity contribution in [2.75, 3.05) is 30.8 Å². The van der Waals surface area contributed by atoms with Gasteiger partial charge in [-0.1, -0.05) is 18.2 Å². The monoisotopic (exact) mass is 268 g/mol. The van der Waals surface area contributed by atoms with Gasteiger partial charge in [0.1, 0.15) is 5.75 Å². The van der Waals surface area contributed by atoms with Crippen LogP contribution in [0.1, 0.15) is 17.9 Å². The molecule has 0 amide bonds. The summed E-state index contributed by atoms with van der Waals surface area (Å²) in [6.45, 7) is 2.14. The first-order valence-electron chi connectivity index (χ1n) is 7.01. The number of anilines is 2. The molecule has 1 atom stereocenters. The SMILES string of the molecule is COc1cccc(N2CCC(c3ccc(N)cc3)C2)c1. The average Bonchev–Trinajstić information content (AvgIpc) is 2.98. The van der Waals surface area contributed by atoms with Crippen LogP contribution in [0.3, 0.4) is 0 Å². The van der Waals surface area contributed by atoms with Crippen molar-refractivity contribution in [1.29, 1.82) is 0 Å². The van der Waals surface area contributed by atoms with Gasteiger partial charge >= 0.3 is 0 Å². The Morgan fingerprint density at radius 1 is 1.15 bits per heavy atom. The van der Waals surface area contributed by atoms with E-state index in [-0.39, 0.29) is 0 Å². The largest absolute Gasteiger partial charge is 0.497 e. The molecule has 20 heavy (non-hydrogen) atoms. The van der Waals surface area contributed by atoms with Crippen molar-refractivity contribution in [2.45, 2.75) is 12.3 Å². The van der Waals surface area contributed by atoms with E-state index < -0.39 is 0 Å². The molecule has 3 heteroatoms. The van der Waals surface area contributed by atoms with E-state index >= 15 is 0 Å². The Kier molecular flexibility index (Phi) is 3.50. The van der Waals surface area contributed by atoms with Gasteiger partial charge in [0.25, 0.3) is 0 Å². The van der Waals surface area contributed by atoms with Crippen LogP contribution in [0.4, 0.5) is 11.4 Å². The van der Waals surface area contributed by atoms with Gasteiger partial charge in [0.05, 0.1) is 7.11 Å². The van der Waals surface area contributed by atoms with Gasteiger partial charge in [0, 0.05) is 36.4 Å². The summed E-state index contributed by atoms with van der Waals surface area (Å²) >= 11 is 0. The molecule has 1 aliphatic rings. The third-order valence-electron chi connectivity index (χ3n) is 4.01. The Labute approximate surface area is 120 Å². The lowest BCUT2D eigenvalue weighted by molar-refractivity contribution is 0.415. The molecule has 2 aromatic rings. The maximum absolute atomic E-state index is 5.75. The van der Waals surface area contributed by atoms with Gasteiger partial charge in [0.2, 0.25) is 0 Å². The second kappa shape index (κ2) is 5.45. The number of benzene rings is 2. The standard InChI is InChI=1S/C17H20N2O/c1-20-17-4-2-3-16(11-17)19-10-9-14(12-19)13-5-7-15(18)8-6-13/h2-8,11,14H,9-10,12,18H2,1H3. The van der Waals surface area contributed by atoms with Crippen molar-refractivity contribution in [3.8, 4) is 5.75 Å². The molecule has 1 fully saturated rings. The van der Waals surface area contributed by atoms with Crippen LogP contribution >= 0.6 is 0 Å². The van der Waals surface area contributed by atoms with Gasteiger partial charge in [0.15, 0.2) is 0 Å². The van der Waals surface area contributed by atoms with Gasteiger partial charge in [-0.15, -0.1) is 0 Å². The molecule has 2 N–H and O–H groups in total. The fourth-order valence-electron chi connectivity index (χ4n) is 2.84. The highest BCUT2D eigenvalue weighted by molar-refractivity contribution is 5.52. The van der Waals surface area contributed by atoms with E-state index in [9.17, 15) is 0 Å². The molecule has 104 valence electrons. The Balaban J connectivity index is 1.74. The number of ether oxygens (including phenoxy) is 1. The van der Waals surface area contributed by atoms with Gasteiger partial charge < -0.3 is 15.4 Å². The molecular formula is C17H20N2O. The zero-order chi connectivity index (χ0) is 13.9. The lowest BCUT2D eigenvalue weighted by Gasteiger charge is -2.19. The summed E-state index contributed by atoms with van der Waals surface area (Å²) < 4.78 is 5.30. The molecule has 0 spiro atoms. The zero-order valence-corrected chi connectivity index (χ0v) is 11.8. The van der Waals surface area contributed by atoms with Crippen molar-refractivity contribution < 1.29 is 4.74 Å². The summed E-state index contributed by atoms with van der Waals surface area (Å²) in [5.41, 5.74) is 9.20. The van der Waals surface area contributed by atoms with Gasteiger partial charge in [-0.3, -0.25) is 0 Å². The van der Waals surface area contributed by atoms with Crippen molar-refractivity contribution >= 4 is 11.4 Å². The zero-order valence-electron chi connectivity index (χ0n) is 11.8. The molecule has 0 aliphatic carbocycles. The van der Waals surface area contributed by atoms with Crippen molar-refractivity contribution in [2.24, 2.45) is 0 Å². The van der Waals surface area contributed by atoms with Crippen LogP contribution in [-0.4, -0.2) is 20.2 Å². The van der Waals surface area contributed by atoms with Gasteiger partial charge in [-0.2, -0.15) is 0 Å². The molecule has 1 aliphatic heterocycles. The van der Waals surface area contributed by atoms with Crippen LogP contribution < -0.4 is 15.4 Å². The highest BCUT2D eigenvalue weighted by atomic mass is 16.5. The van der Waals surface area contributed by atoms with E-state index in [4.69, 9.17) is 10.5 Å². The molecule has 1 saturated heterocycles. The molecular weight excluding hydrogens is 248 g/mol. The molecule has 1 heterocycles. The van der Waals surface area contributed by atoms with E-state index in [1.54, 1.807) is 7.11 Å². The van der Waals surface area contributed by atoms with Crippen LogP contribution in [0.25, 0.3) is 0 Å². The van der Waals surface area contributed by atoms with Gasteiger partial charge in [-0.05, 0) is 36.2 Å². The predicted octanol–water partition coefficient (Wildman–Crippen LogP) is 3.27. The van der Waals surface area contributed by atoms with Crippen LogP contribution in [0, 0.1) is 0 Å². The third-order valence-corrected chi connectivity index (χ3v) is 4.01. The van der Waals surface area contributed by atoms with E-state index in [1.807, 2.05) is 24.3 Å². The molecule has 2 aromatic carbocycles. The van der Waals surface area contributed by atoms with Crippen LogP contribution in [-0.2, 0) is 0 Å². The first kappa shape index (κ1) is 12.9. The summed E-state index contributed by atoms with van der Waals surface area (Å²) in [5, 5.41) is 0. The lowest BCUT2D eigenvalue weighted by Crippen LogP contribution is -2.19. The first-order valence-corrected chi connectivity index (χ1v) is 7.01. The summed E-state index contributed by atoms with van der Waals surface area (Å²) in [4.78, 5) is 2.42. The maximum Gasteiger partial charge on any atom is 0.120 e. The third kappa shape index (κ3) is 2.57. The van der Waals surface area contributed by atoms with Crippen molar-refractivity contribution in [3.63, 3.8) is 0 Å². The van der Waals surface area contributed by atoms with Crippen LogP contribution in [0.5, 0.6) is 5.75 Å². The van der Waals surface area contributed by atoms with Crippen molar-refractivity contribution in [1.82, 2.24) is 0 Å². The second-order valence-electron chi connectivity index (χ2n) is 5.30. The Morgan fingerprint density at radius 2 is 1.95 bits per heavy atom. The first-order chi connectivity index (χ1) is 9.76. The number of methoxy groups -OCH3 is 1. The smallest absolute Gasteiger partial charge is 0.120 e. The summed E-state index contributed by atoms with van der Waals surface area (Å²) in [5.74, 6) is 1.50. The minimum Gasteiger partial charge on any atom is -0.497 e. The minimum absolute atomic E-state index is 0.585. The van der Waals surface area contributed by atoms with Crippen LogP contribution in [0.2, 0.25) is 0 Å². The molecule has 3 nitrogen and oxygen atoms in total. The van der Waals surface area contributed by atoms with Crippen molar-refractivity contribution in [3.05, 3.63) is 54.1 Å². The average molecular weight is 268 g/mol. The van der Waals surface area contributed by atoms with E-state index in [2.05, 4.69) is 29.2 Å². The number of nitrogens with zero attached hydrogens (tertiary/aromatic N) is 1. The highest BCUT2D eigenvalue weighted by Gasteiger charge is 2.24. The van der Waals surface area contributed by atoms with E-state index in [1.165, 1.54) is 17.7 Å². The second-order valence-corrected chi connectivity index (χ2v) is 5.30. The molecule has 1 unspecified atom stereocenters. The maximum atomic E-state index is 5.75. The number of hydrogen-bond donors (Lipinski definition) is 1. The predicted molar refractivity (Wildman–Crippen MR) is 83.4 cm³/mol. The number of nitrogens with two attached hydrogens (primary N) is 1. The fourth-order valence-corrected chi connectivity index (χ4v) is 2.84. The summed E-state index contributed by atoms with van der Waals surface area (Å²) in [7, 11) is 1.71. The lowest BCUT2D eigenvalue weighted by atomic mass is 9.98. The number of rotatable bonds is 3. The Morgan fingerprint density at radius 3 is 2.70 bits per heavy atom. The molecule has 0 bridgehead atoms. The molecule has 0 saturated carbocycles. The van der Waals surface area contributed by atoms with Crippen LogP contribution in [0.15, 0.2) is 48.5 Å². The van der Waals surface area contributed by atoms with E-state index in [0.29, 0.717) is 5.92 Å². The van der Waals surface area contributed by atoms with E-state index in [0.717, 1.165) is 24.5 Å². The fraction of sp³-hybridized carbons (Fsp3) is 0.294. The minimum atomic E-state index is 0.585. The Hall–Kier alpha value is -2.16. The molecule has 3 rings (SSSR count). The number of hydrogen-bond acceptors (Lipinski definition) is 3. The Bertz CT molecular complexity index is 580. The highest BCUT2D eigenvalue weighted by Crippen LogP contribution is 2.32. The quantitative estimate of drug-likeness (QED) is 0.868. The van der Waals surface area contributed by atoms with Gasteiger partial charge in [-0.25, -0.2) is 0 Å². The number of nitrogen functional groups attached to an aromatic ring is 1. The normalized spacial score (nSPS) is 18.2. The summed E-state index contributed by atoms with van der Waals surface area (Å²) in [6.07, 6.45) is 1.18. The molecule has 0 aromatic heterocycles. The summed E-state index contributed by atoms with van der Waals surface area (Å²) in [6, 6.07) is 16.6.